The molecule has 0 saturated carbocycles. The van der Waals surface area contributed by atoms with Crippen LogP contribution in [0.4, 0.5) is 4.79 Å². The Bertz CT molecular complexity index is 252. The van der Waals surface area contributed by atoms with Crippen LogP contribution in [0.15, 0.2) is 0 Å². The maximum Gasteiger partial charge on any atom is 0.317 e. The summed E-state index contributed by atoms with van der Waals surface area (Å²) in [6.45, 7) is 3.14. The summed E-state index contributed by atoms with van der Waals surface area (Å²) in [6.07, 6.45) is 2.01. The van der Waals surface area contributed by atoms with Gasteiger partial charge in [0.15, 0.2) is 0 Å². The molecule has 2 heterocycles. The van der Waals surface area contributed by atoms with Crippen LogP contribution in [0.3, 0.4) is 0 Å². The Morgan fingerprint density at radius 1 is 1.44 bits per heavy atom. The second kappa shape index (κ2) is 5.01. The Morgan fingerprint density at radius 2 is 2.25 bits per heavy atom. The SMILES string of the molecule is CN(C)C1CCN(C(=O)NC2CCOC2)C1. The van der Waals surface area contributed by atoms with Crippen LogP contribution >= 0.6 is 0 Å². The molecule has 2 atom stereocenters. The Morgan fingerprint density at radius 3 is 2.81 bits per heavy atom. The molecule has 2 fully saturated rings. The quantitative estimate of drug-likeness (QED) is 0.729. The van der Waals surface area contributed by atoms with E-state index in [2.05, 4.69) is 24.3 Å². The van der Waals surface area contributed by atoms with Crippen LogP contribution in [0.5, 0.6) is 0 Å². The minimum absolute atomic E-state index is 0.0693. The molecule has 2 rings (SSSR count). The van der Waals surface area contributed by atoms with Gasteiger partial charge in [-0.2, -0.15) is 0 Å². The standard InChI is InChI=1S/C11H21N3O2/c1-13(2)10-3-5-14(7-10)11(15)12-9-4-6-16-8-9/h9-10H,3-8H2,1-2H3,(H,12,15). The molecule has 2 aliphatic heterocycles. The number of amides is 2. The van der Waals surface area contributed by atoms with Crippen LogP contribution in [-0.4, -0.2) is 68.3 Å². The van der Waals surface area contributed by atoms with Gasteiger partial charge >= 0.3 is 6.03 Å². The van der Waals surface area contributed by atoms with Gasteiger partial charge in [-0.05, 0) is 26.9 Å². The summed E-state index contributed by atoms with van der Waals surface area (Å²) in [6, 6.07) is 0.788. The number of nitrogens with zero attached hydrogens (tertiary/aromatic N) is 2. The van der Waals surface area contributed by atoms with Crippen molar-refractivity contribution in [2.45, 2.75) is 24.9 Å². The highest BCUT2D eigenvalue weighted by Gasteiger charge is 2.29. The van der Waals surface area contributed by atoms with Gasteiger partial charge in [0.1, 0.15) is 0 Å². The molecule has 2 aliphatic rings. The van der Waals surface area contributed by atoms with E-state index in [1.165, 1.54) is 0 Å². The number of rotatable bonds is 2. The molecule has 0 aromatic carbocycles. The number of hydrogen-bond acceptors (Lipinski definition) is 3. The lowest BCUT2D eigenvalue weighted by Gasteiger charge is -2.22. The van der Waals surface area contributed by atoms with Gasteiger partial charge in [-0.1, -0.05) is 0 Å². The molecule has 0 aliphatic carbocycles. The largest absolute Gasteiger partial charge is 0.379 e. The number of ether oxygens (including phenoxy) is 1. The van der Waals surface area contributed by atoms with Crippen molar-refractivity contribution in [3.63, 3.8) is 0 Å². The monoisotopic (exact) mass is 227 g/mol. The predicted octanol–water partition coefficient (Wildman–Crippen LogP) is 0.121. The minimum Gasteiger partial charge on any atom is -0.379 e. The third kappa shape index (κ3) is 2.65. The summed E-state index contributed by atoms with van der Waals surface area (Å²) in [5.74, 6) is 0. The number of carbonyl (C=O) groups is 1. The van der Waals surface area contributed by atoms with E-state index in [1.807, 2.05) is 4.90 Å². The fourth-order valence-electron chi connectivity index (χ4n) is 2.26. The summed E-state index contributed by atoms with van der Waals surface area (Å²) in [7, 11) is 4.13. The molecule has 0 aromatic heterocycles. The zero-order valence-electron chi connectivity index (χ0n) is 10.1. The van der Waals surface area contributed by atoms with Gasteiger partial charge in [-0.25, -0.2) is 4.79 Å². The second-order valence-electron chi connectivity index (χ2n) is 4.86. The molecule has 2 saturated heterocycles. The fourth-order valence-corrected chi connectivity index (χ4v) is 2.26. The molecule has 2 unspecified atom stereocenters. The molecular weight excluding hydrogens is 206 g/mol. The first-order valence-corrected chi connectivity index (χ1v) is 5.96. The molecule has 0 spiro atoms. The van der Waals surface area contributed by atoms with E-state index in [-0.39, 0.29) is 12.1 Å². The molecule has 2 amide bonds. The zero-order valence-corrected chi connectivity index (χ0v) is 10.1. The third-order valence-electron chi connectivity index (χ3n) is 3.44. The first-order chi connectivity index (χ1) is 7.66. The van der Waals surface area contributed by atoms with Crippen molar-refractivity contribution in [2.24, 2.45) is 0 Å². The smallest absolute Gasteiger partial charge is 0.317 e. The van der Waals surface area contributed by atoms with E-state index in [9.17, 15) is 4.79 Å². The van der Waals surface area contributed by atoms with Crippen LogP contribution in [0, 0.1) is 0 Å². The first-order valence-electron chi connectivity index (χ1n) is 5.96. The number of hydrogen-bond donors (Lipinski definition) is 1. The highest BCUT2D eigenvalue weighted by molar-refractivity contribution is 5.75. The van der Waals surface area contributed by atoms with E-state index in [4.69, 9.17) is 4.74 Å². The molecule has 92 valence electrons. The van der Waals surface area contributed by atoms with E-state index in [1.54, 1.807) is 0 Å². The summed E-state index contributed by atoms with van der Waals surface area (Å²) in [4.78, 5) is 16.0. The van der Waals surface area contributed by atoms with Crippen LogP contribution in [0.2, 0.25) is 0 Å². The lowest BCUT2D eigenvalue weighted by atomic mass is 10.2. The van der Waals surface area contributed by atoms with Crippen LogP contribution in [0.25, 0.3) is 0 Å². The molecular formula is C11H21N3O2. The van der Waals surface area contributed by atoms with Crippen molar-refractivity contribution in [3.05, 3.63) is 0 Å². The topological polar surface area (TPSA) is 44.8 Å². The van der Waals surface area contributed by atoms with Gasteiger partial charge in [-0.15, -0.1) is 0 Å². The van der Waals surface area contributed by atoms with Crippen molar-refractivity contribution in [1.29, 1.82) is 0 Å². The van der Waals surface area contributed by atoms with E-state index >= 15 is 0 Å². The molecule has 1 N–H and O–H groups in total. The maximum absolute atomic E-state index is 11.9. The average molecular weight is 227 g/mol. The van der Waals surface area contributed by atoms with Gasteiger partial charge in [0, 0.05) is 25.7 Å². The first kappa shape index (κ1) is 11.7. The van der Waals surface area contributed by atoms with Gasteiger partial charge < -0.3 is 19.9 Å². The molecule has 5 heteroatoms. The van der Waals surface area contributed by atoms with Gasteiger partial charge in [0.25, 0.3) is 0 Å². The van der Waals surface area contributed by atoms with Crippen molar-refractivity contribution >= 4 is 6.03 Å². The van der Waals surface area contributed by atoms with Gasteiger partial charge in [-0.3, -0.25) is 0 Å². The summed E-state index contributed by atoms with van der Waals surface area (Å²) >= 11 is 0. The van der Waals surface area contributed by atoms with Crippen molar-refractivity contribution in [1.82, 2.24) is 15.1 Å². The lowest BCUT2D eigenvalue weighted by molar-refractivity contribution is 0.180. The second-order valence-corrected chi connectivity index (χ2v) is 4.86. The number of urea groups is 1. The highest BCUT2D eigenvalue weighted by Crippen LogP contribution is 2.13. The molecule has 0 aromatic rings. The number of likely N-dealkylation sites (tertiary alicyclic amines) is 1. The van der Waals surface area contributed by atoms with Gasteiger partial charge in [0.05, 0.1) is 12.6 Å². The maximum atomic E-state index is 11.9. The summed E-state index contributed by atoms with van der Waals surface area (Å²) in [5.41, 5.74) is 0. The minimum atomic E-state index is 0.0693. The fraction of sp³-hybridized carbons (Fsp3) is 0.909. The van der Waals surface area contributed by atoms with Crippen LogP contribution in [-0.2, 0) is 4.74 Å². The number of carbonyl (C=O) groups excluding carboxylic acids is 1. The van der Waals surface area contributed by atoms with Crippen molar-refractivity contribution < 1.29 is 9.53 Å². The predicted molar refractivity (Wildman–Crippen MR) is 61.4 cm³/mol. The molecule has 0 bridgehead atoms. The lowest BCUT2D eigenvalue weighted by Crippen LogP contribution is -2.45. The van der Waals surface area contributed by atoms with E-state index in [0.29, 0.717) is 12.6 Å². The van der Waals surface area contributed by atoms with E-state index in [0.717, 1.165) is 32.5 Å². The van der Waals surface area contributed by atoms with Crippen molar-refractivity contribution in [2.75, 3.05) is 40.4 Å². The molecule has 16 heavy (non-hydrogen) atoms. The van der Waals surface area contributed by atoms with Crippen LogP contribution in [0.1, 0.15) is 12.8 Å². The third-order valence-corrected chi connectivity index (χ3v) is 3.44. The Labute approximate surface area is 96.7 Å². The van der Waals surface area contributed by atoms with Gasteiger partial charge in [0.2, 0.25) is 0 Å². The molecule has 5 nitrogen and oxygen atoms in total. The Balaban J connectivity index is 1.77. The van der Waals surface area contributed by atoms with E-state index < -0.39 is 0 Å². The zero-order chi connectivity index (χ0) is 11.5. The number of likely N-dealkylation sites (N-methyl/N-ethyl adjacent to an activating group) is 1. The highest BCUT2D eigenvalue weighted by atomic mass is 16.5. The number of nitrogens with one attached hydrogen (secondary N) is 1. The normalized spacial score (nSPS) is 30.1. The van der Waals surface area contributed by atoms with Crippen molar-refractivity contribution in [3.8, 4) is 0 Å². The Hall–Kier alpha value is -0.810. The Kier molecular flexibility index (Phi) is 3.66. The summed E-state index contributed by atoms with van der Waals surface area (Å²) in [5, 5.41) is 3.02. The summed E-state index contributed by atoms with van der Waals surface area (Å²) < 4.78 is 5.24. The average Bonchev–Trinajstić information content (AvgIpc) is 2.86. The van der Waals surface area contributed by atoms with Crippen LogP contribution < -0.4 is 5.32 Å². The molecule has 0 radical (unpaired) electrons.